The molecule has 1 fully saturated rings. The molecule has 0 saturated carbocycles. The Morgan fingerprint density at radius 2 is 1.67 bits per heavy atom. The molecule has 0 amide bonds. The molecule has 0 spiro atoms. The molecule has 4 nitrogen and oxygen atoms in total. The van der Waals surface area contributed by atoms with Crippen molar-refractivity contribution in [2.24, 2.45) is 0 Å². The van der Waals surface area contributed by atoms with Gasteiger partial charge in [-0.1, -0.05) is 0 Å². The highest BCUT2D eigenvalue weighted by atomic mass is 16.3. The van der Waals surface area contributed by atoms with E-state index in [9.17, 15) is 5.11 Å². The Bertz CT molecular complexity index is 184. The van der Waals surface area contributed by atoms with Gasteiger partial charge in [-0.2, -0.15) is 0 Å². The first-order valence-electron chi connectivity index (χ1n) is 5.70. The van der Waals surface area contributed by atoms with Crippen LogP contribution < -0.4 is 0 Å². The Morgan fingerprint density at radius 3 is 2.07 bits per heavy atom. The average molecular weight is 216 g/mol. The number of rotatable bonds is 3. The summed E-state index contributed by atoms with van der Waals surface area (Å²) < 4.78 is 0. The van der Waals surface area contributed by atoms with Gasteiger partial charge in [0.15, 0.2) is 0 Å². The van der Waals surface area contributed by atoms with Crippen LogP contribution in [0.1, 0.15) is 20.8 Å². The standard InChI is InChI=1S/C11H24N2O2/c1-11(2,3)13-6-4-12(5-7-13)8-10(15)9-14/h10,14-15H,4-9H2,1-3H3. The van der Waals surface area contributed by atoms with Gasteiger partial charge in [0.05, 0.1) is 12.7 Å². The van der Waals surface area contributed by atoms with Gasteiger partial charge >= 0.3 is 0 Å². The van der Waals surface area contributed by atoms with Crippen LogP contribution in [-0.2, 0) is 0 Å². The van der Waals surface area contributed by atoms with E-state index in [1.165, 1.54) is 0 Å². The minimum atomic E-state index is -0.591. The van der Waals surface area contributed by atoms with Gasteiger partial charge in [0.25, 0.3) is 0 Å². The first kappa shape index (κ1) is 12.9. The minimum absolute atomic E-state index is 0.139. The first-order chi connectivity index (χ1) is 6.93. The summed E-state index contributed by atoms with van der Waals surface area (Å²) in [6.07, 6.45) is -0.591. The van der Waals surface area contributed by atoms with Crippen LogP contribution in [0.2, 0.25) is 0 Å². The maximum absolute atomic E-state index is 9.33. The second kappa shape index (κ2) is 5.25. The topological polar surface area (TPSA) is 46.9 Å². The monoisotopic (exact) mass is 216 g/mol. The van der Waals surface area contributed by atoms with E-state index < -0.39 is 6.10 Å². The molecule has 0 aromatic carbocycles. The number of piperazine rings is 1. The van der Waals surface area contributed by atoms with Gasteiger partial charge < -0.3 is 10.2 Å². The fraction of sp³-hybridized carbons (Fsp3) is 1.00. The van der Waals surface area contributed by atoms with Gasteiger partial charge in [0, 0.05) is 38.3 Å². The molecule has 1 rings (SSSR count). The Kier molecular flexibility index (Phi) is 4.52. The lowest BCUT2D eigenvalue weighted by molar-refractivity contribution is 0.0193. The highest BCUT2D eigenvalue weighted by Gasteiger charge is 2.26. The van der Waals surface area contributed by atoms with Gasteiger partial charge in [-0.3, -0.25) is 9.80 Å². The fourth-order valence-corrected chi connectivity index (χ4v) is 1.96. The van der Waals surface area contributed by atoms with Crippen LogP contribution >= 0.6 is 0 Å². The molecular formula is C11H24N2O2. The zero-order chi connectivity index (χ0) is 11.5. The summed E-state index contributed by atoms with van der Waals surface area (Å²) in [6, 6.07) is 0. The fourth-order valence-electron chi connectivity index (χ4n) is 1.96. The van der Waals surface area contributed by atoms with E-state index in [1.54, 1.807) is 0 Å². The number of aliphatic hydroxyl groups is 2. The smallest absolute Gasteiger partial charge is 0.0897 e. The number of aliphatic hydroxyl groups excluding tert-OH is 2. The van der Waals surface area contributed by atoms with Crippen molar-refractivity contribution in [3.05, 3.63) is 0 Å². The van der Waals surface area contributed by atoms with Crippen molar-refractivity contribution in [1.29, 1.82) is 0 Å². The quantitative estimate of drug-likeness (QED) is 0.683. The lowest BCUT2D eigenvalue weighted by Crippen LogP contribution is -2.54. The van der Waals surface area contributed by atoms with E-state index in [0.717, 1.165) is 26.2 Å². The molecule has 1 heterocycles. The van der Waals surface area contributed by atoms with Gasteiger partial charge in [0.1, 0.15) is 0 Å². The summed E-state index contributed by atoms with van der Waals surface area (Å²) in [6.45, 7) is 11.2. The molecule has 0 aromatic heterocycles. The van der Waals surface area contributed by atoms with Crippen molar-refractivity contribution in [2.75, 3.05) is 39.3 Å². The molecule has 2 N–H and O–H groups in total. The summed E-state index contributed by atoms with van der Waals surface area (Å²) in [4.78, 5) is 4.66. The summed E-state index contributed by atoms with van der Waals surface area (Å²) >= 11 is 0. The second-order valence-corrected chi connectivity index (χ2v) is 5.29. The zero-order valence-corrected chi connectivity index (χ0v) is 10.1. The van der Waals surface area contributed by atoms with E-state index in [4.69, 9.17) is 5.11 Å². The Balaban J connectivity index is 2.30. The van der Waals surface area contributed by atoms with Crippen molar-refractivity contribution < 1.29 is 10.2 Å². The van der Waals surface area contributed by atoms with Gasteiger partial charge in [-0.25, -0.2) is 0 Å². The Labute approximate surface area is 92.5 Å². The van der Waals surface area contributed by atoms with Crippen LogP contribution in [0.3, 0.4) is 0 Å². The van der Waals surface area contributed by atoms with Gasteiger partial charge in [0.2, 0.25) is 0 Å². The first-order valence-corrected chi connectivity index (χ1v) is 5.70. The molecule has 90 valence electrons. The van der Waals surface area contributed by atoms with Crippen LogP contribution in [0.25, 0.3) is 0 Å². The van der Waals surface area contributed by atoms with Crippen LogP contribution in [-0.4, -0.2) is 71.0 Å². The maximum Gasteiger partial charge on any atom is 0.0897 e. The largest absolute Gasteiger partial charge is 0.394 e. The average Bonchev–Trinajstić information content (AvgIpc) is 2.17. The summed E-state index contributed by atoms with van der Waals surface area (Å²) in [5.41, 5.74) is 0.238. The third-order valence-electron chi connectivity index (χ3n) is 3.00. The molecule has 0 aromatic rings. The molecule has 15 heavy (non-hydrogen) atoms. The number of β-amino-alcohol motifs (C(OH)–C–C–N with tert-alkyl or cyclic N) is 1. The molecule has 1 atom stereocenters. The Morgan fingerprint density at radius 1 is 1.13 bits per heavy atom. The number of nitrogens with zero attached hydrogens (tertiary/aromatic N) is 2. The third-order valence-corrected chi connectivity index (χ3v) is 3.00. The van der Waals surface area contributed by atoms with Crippen LogP contribution in [0.4, 0.5) is 0 Å². The normalized spacial score (nSPS) is 23.0. The lowest BCUT2D eigenvalue weighted by Gasteiger charge is -2.42. The summed E-state index contributed by atoms with van der Waals surface area (Å²) in [7, 11) is 0. The highest BCUT2D eigenvalue weighted by Crippen LogP contribution is 2.15. The highest BCUT2D eigenvalue weighted by molar-refractivity contribution is 4.82. The molecule has 0 radical (unpaired) electrons. The summed E-state index contributed by atoms with van der Waals surface area (Å²) in [5.74, 6) is 0. The molecule has 4 heteroatoms. The van der Waals surface area contributed by atoms with E-state index in [-0.39, 0.29) is 12.1 Å². The van der Waals surface area contributed by atoms with E-state index in [0.29, 0.717) is 6.54 Å². The van der Waals surface area contributed by atoms with Gasteiger partial charge in [-0.15, -0.1) is 0 Å². The van der Waals surface area contributed by atoms with Crippen molar-refractivity contribution in [3.8, 4) is 0 Å². The molecule has 0 bridgehead atoms. The maximum atomic E-state index is 9.33. The molecule has 1 unspecified atom stereocenters. The van der Waals surface area contributed by atoms with Crippen LogP contribution in [0, 0.1) is 0 Å². The molecular weight excluding hydrogens is 192 g/mol. The molecule has 0 aliphatic carbocycles. The van der Waals surface area contributed by atoms with Crippen LogP contribution in [0.15, 0.2) is 0 Å². The van der Waals surface area contributed by atoms with E-state index in [2.05, 4.69) is 30.6 Å². The zero-order valence-electron chi connectivity index (χ0n) is 10.1. The molecule has 1 aliphatic rings. The van der Waals surface area contributed by atoms with Gasteiger partial charge in [-0.05, 0) is 20.8 Å². The van der Waals surface area contributed by atoms with Crippen molar-refractivity contribution in [3.63, 3.8) is 0 Å². The van der Waals surface area contributed by atoms with Crippen molar-refractivity contribution >= 4 is 0 Å². The van der Waals surface area contributed by atoms with E-state index in [1.807, 2.05) is 0 Å². The Hall–Kier alpha value is -0.160. The van der Waals surface area contributed by atoms with E-state index >= 15 is 0 Å². The number of hydrogen-bond acceptors (Lipinski definition) is 4. The predicted molar refractivity (Wildman–Crippen MR) is 60.9 cm³/mol. The predicted octanol–water partition coefficient (Wildman–Crippen LogP) is -0.244. The lowest BCUT2D eigenvalue weighted by atomic mass is 10.0. The minimum Gasteiger partial charge on any atom is -0.394 e. The number of hydrogen-bond donors (Lipinski definition) is 2. The molecule has 1 aliphatic heterocycles. The van der Waals surface area contributed by atoms with Crippen molar-refractivity contribution in [1.82, 2.24) is 9.80 Å². The SMILES string of the molecule is CC(C)(C)N1CCN(CC(O)CO)CC1. The summed E-state index contributed by atoms with van der Waals surface area (Å²) in [5, 5.41) is 18.1. The van der Waals surface area contributed by atoms with Crippen LogP contribution in [0.5, 0.6) is 0 Å². The molecule has 1 saturated heterocycles. The van der Waals surface area contributed by atoms with Crippen molar-refractivity contribution in [2.45, 2.75) is 32.4 Å². The third kappa shape index (κ3) is 4.07. The second-order valence-electron chi connectivity index (χ2n) is 5.29.